The van der Waals surface area contributed by atoms with Crippen molar-refractivity contribution in [3.63, 3.8) is 0 Å². The average molecular weight is 305 g/mol. The molecule has 0 bridgehead atoms. The quantitative estimate of drug-likeness (QED) is 0.616. The fourth-order valence-electron chi connectivity index (χ4n) is 2.49. The minimum absolute atomic E-state index is 0.0775. The first kappa shape index (κ1) is 14.1. The van der Waals surface area contributed by atoms with Crippen LogP contribution in [-0.2, 0) is 4.79 Å². The third kappa shape index (κ3) is 2.93. The van der Waals surface area contributed by atoms with Gasteiger partial charge in [0, 0.05) is 10.9 Å². The number of rotatable bonds is 3. The van der Waals surface area contributed by atoms with Crippen molar-refractivity contribution < 1.29 is 13.9 Å². The highest BCUT2D eigenvalue weighted by Crippen LogP contribution is 2.49. The molecule has 2 atom stereocenters. The van der Waals surface area contributed by atoms with E-state index in [1.165, 1.54) is 6.07 Å². The number of halogens is 2. The van der Waals surface area contributed by atoms with E-state index in [0.717, 1.165) is 5.56 Å². The van der Waals surface area contributed by atoms with Crippen molar-refractivity contribution in [1.29, 1.82) is 0 Å². The molecule has 4 heteroatoms. The Balaban J connectivity index is 1.70. The molecule has 0 saturated heterocycles. The number of aryl methyl sites for hydroxylation is 1. The second kappa shape index (κ2) is 5.49. The van der Waals surface area contributed by atoms with E-state index < -0.39 is 0 Å². The van der Waals surface area contributed by atoms with Crippen molar-refractivity contribution in [2.24, 2.45) is 5.92 Å². The van der Waals surface area contributed by atoms with Gasteiger partial charge in [-0.3, -0.25) is 4.79 Å². The molecule has 0 radical (unpaired) electrons. The van der Waals surface area contributed by atoms with Crippen LogP contribution in [0.5, 0.6) is 5.75 Å². The second-order valence-corrected chi connectivity index (χ2v) is 5.74. The molecule has 0 amide bonds. The highest BCUT2D eigenvalue weighted by molar-refractivity contribution is 6.30. The fraction of sp³-hybridized carbons (Fsp3) is 0.235. The van der Waals surface area contributed by atoms with Crippen LogP contribution < -0.4 is 4.74 Å². The number of esters is 1. The monoisotopic (exact) mass is 304 g/mol. The van der Waals surface area contributed by atoms with Gasteiger partial charge >= 0.3 is 5.97 Å². The number of hydrogen-bond donors (Lipinski definition) is 0. The largest absolute Gasteiger partial charge is 0.426 e. The highest BCUT2D eigenvalue weighted by atomic mass is 35.5. The van der Waals surface area contributed by atoms with Crippen molar-refractivity contribution in [3.05, 3.63) is 64.4 Å². The number of ether oxygens (including phenoxy) is 1. The normalized spacial score (nSPS) is 20.1. The summed E-state index contributed by atoms with van der Waals surface area (Å²) in [6, 6.07) is 11.7. The number of benzene rings is 2. The van der Waals surface area contributed by atoms with Crippen LogP contribution in [0.15, 0.2) is 42.5 Å². The lowest BCUT2D eigenvalue weighted by Crippen LogP contribution is -2.12. The van der Waals surface area contributed by atoms with Crippen LogP contribution in [0, 0.1) is 18.7 Å². The maximum Gasteiger partial charge on any atom is 0.314 e. The van der Waals surface area contributed by atoms with E-state index in [1.54, 1.807) is 36.4 Å². The van der Waals surface area contributed by atoms with Gasteiger partial charge in [0.1, 0.15) is 11.6 Å². The summed E-state index contributed by atoms with van der Waals surface area (Å²) in [5.41, 5.74) is 1.39. The van der Waals surface area contributed by atoms with Gasteiger partial charge in [0.2, 0.25) is 0 Å². The van der Waals surface area contributed by atoms with Gasteiger partial charge in [-0.2, -0.15) is 0 Å². The summed E-state index contributed by atoms with van der Waals surface area (Å²) in [5, 5.41) is 0.600. The summed E-state index contributed by atoms with van der Waals surface area (Å²) >= 11 is 5.87. The highest BCUT2D eigenvalue weighted by Gasteiger charge is 2.46. The van der Waals surface area contributed by atoms with Crippen molar-refractivity contribution in [2.45, 2.75) is 19.3 Å². The molecule has 21 heavy (non-hydrogen) atoms. The van der Waals surface area contributed by atoms with Crippen LogP contribution in [0.2, 0.25) is 5.02 Å². The van der Waals surface area contributed by atoms with E-state index in [2.05, 4.69) is 0 Å². The minimum Gasteiger partial charge on any atom is -0.426 e. The average Bonchev–Trinajstić information content (AvgIpc) is 3.23. The van der Waals surface area contributed by atoms with E-state index in [9.17, 15) is 9.18 Å². The Morgan fingerprint density at radius 2 is 2.05 bits per heavy atom. The van der Waals surface area contributed by atoms with Gasteiger partial charge in [0.05, 0.1) is 5.92 Å². The van der Waals surface area contributed by atoms with Crippen LogP contribution in [0.4, 0.5) is 4.39 Å². The second-order valence-electron chi connectivity index (χ2n) is 5.30. The zero-order valence-electron chi connectivity index (χ0n) is 11.5. The molecule has 2 aromatic rings. The third-order valence-electron chi connectivity index (χ3n) is 3.75. The van der Waals surface area contributed by atoms with Crippen LogP contribution in [0.25, 0.3) is 0 Å². The maximum absolute atomic E-state index is 13.7. The molecule has 0 aromatic heterocycles. The van der Waals surface area contributed by atoms with Crippen molar-refractivity contribution in [1.82, 2.24) is 0 Å². The lowest BCUT2D eigenvalue weighted by molar-refractivity contribution is -0.136. The molecule has 1 aliphatic carbocycles. The standard InChI is InChI=1S/C17H14ClFO2/c1-10-8-11(18)6-7-16(10)21-17(20)14-9-13(14)12-4-2-3-5-15(12)19/h2-8,13-14H,9H2,1H3. The Morgan fingerprint density at radius 3 is 2.76 bits per heavy atom. The predicted molar refractivity (Wildman–Crippen MR) is 79.1 cm³/mol. The Labute approximate surface area is 127 Å². The Morgan fingerprint density at radius 1 is 1.29 bits per heavy atom. The van der Waals surface area contributed by atoms with Crippen molar-refractivity contribution >= 4 is 17.6 Å². The van der Waals surface area contributed by atoms with E-state index >= 15 is 0 Å². The molecule has 2 aromatic carbocycles. The summed E-state index contributed by atoms with van der Waals surface area (Å²) in [5.74, 6) is -0.416. The first-order valence-corrected chi connectivity index (χ1v) is 7.16. The topological polar surface area (TPSA) is 26.3 Å². The lowest BCUT2D eigenvalue weighted by atomic mass is 10.1. The first-order chi connectivity index (χ1) is 10.1. The summed E-state index contributed by atoms with van der Waals surface area (Å²) in [7, 11) is 0. The van der Waals surface area contributed by atoms with Crippen LogP contribution in [0.3, 0.4) is 0 Å². The van der Waals surface area contributed by atoms with Gasteiger partial charge in [0.15, 0.2) is 0 Å². The van der Waals surface area contributed by atoms with Crippen LogP contribution >= 0.6 is 11.6 Å². The van der Waals surface area contributed by atoms with Gasteiger partial charge in [-0.1, -0.05) is 29.8 Å². The minimum atomic E-state index is -0.311. The Kier molecular flexibility index (Phi) is 3.68. The third-order valence-corrected chi connectivity index (χ3v) is 3.98. The molecule has 1 aliphatic rings. The summed E-state index contributed by atoms with van der Waals surface area (Å²) in [4.78, 5) is 12.1. The van der Waals surface area contributed by atoms with Gasteiger partial charge in [0.25, 0.3) is 0 Å². The molecule has 2 unspecified atom stereocenters. The molecular weight excluding hydrogens is 291 g/mol. The summed E-state index contributed by atoms with van der Waals surface area (Å²) < 4.78 is 19.1. The number of carbonyl (C=O) groups excluding carboxylic acids is 1. The number of hydrogen-bond acceptors (Lipinski definition) is 2. The zero-order valence-corrected chi connectivity index (χ0v) is 12.2. The molecule has 0 N–H and O–H groups in total. The van der Waals surface area contributed by atoms with E-state index in [4.69, 9.17) is 16.3 Å². The van der Waals surface area contributed by atoms with Gasteiger partial charge in [-0.05, 0) is 48.7 Å². The molecule has 1 fully saturated rings. The lowest BCUT2D eigenvalue weighted by Gasteiger charge is -2.07. The Bertz CT molecular complexity index is 699. The number of carbonyl (C=O) groups is 1. The molecule has 1 saturated carbocycles. The van der Waals surface area contributed by atoms with Crippen molar-refractivity contribution in [2.75, 3.05) is 0 Å². The molecule has 2 nitrogen and oxygen atoms in total. The maximum atomic E-state index is 13.7. The smallest absolute Gasteiger partial charge is 0.314 e. The predicted octanol–water partition coefficient (Wildman–Crippen LogP) is 4.50. The zero-order chi connectivity index (χ0) is 15.0. The van der Waals surface area contributed by atoms with E-state index in [0.29, 0.717) is 22.8 Å². The molecule has 0 spiro atoms. The fourth-order valence-corrected chi connectivity index (χ4v) is 2.71. The molecule has 0 aliphatic heterocycles. The molecule has 3 rings (SSSR count). The van der Waals surface area contributed by atoms with E-state index in [-0.39, 0.29) is 23.6 Å². The van der Waals surface area contributed by atoms with E-state index in [1.807, 2.05) is 6.92 Å². The van der Waals surface area contributed by atoms with Gasteiger partial charge in [-0.25, -0.2) is 4.39 Å². The molecule has 108 valence electrons. The first-order valence-electron chi connectivity index (χ1n) is 6.78. The van der Waals surface area contributed by atoms with Crippen LogP contribution in [-0.4, -0.2) is 5.97 Å². The Hall–Kier alpha value is -1.87. The molecule has 0 heterocycles. The van der Waals surface area contributed by atoms with Crippen molar-refractivity contribution in [3.8, 4) is 5.75 Å². The summed E-state index contributed by atoms with van der Waals surface area (Å²) in [6.07, 6.45) is 0.631. The molecular formula is C17H14ClFO2. The van der Waals surface area contributed by atoms with Gasteiger partial charge in [-0.15, -0.1) is 0 Å². The van der Waals surface area contributed by atoms with Gasteiger partial charge < -0.3 is 4.74 Å². The van der Waals surface area contributed by atoms with Crippen LogP contribution in [0.1, 0.15) is 23.5 Å². The SMILES string of the molecule is Cc1cc(Cl)ccc1OC(=O)C1CC1c1ccccc1F. The summed E-state index contributed by atoms with van der Waals surface area (Å²) in [6.45, 7) is 1.83.